The molecular formula is C25H30N5O3S+. The molecule has 9 heteroatoms. The minimum absolute atomic E-state index is 0.155. The van der Waals surface area contributed by atoms with Crippen molar-refractivity contribution in [3.05, 3.63) is 58.4 Å². The predicted octanol–water partition coefficient (Wildman–Crippen LogP) is 3.60. The Balaban J connectivity index is 2.02. The maximum absolute atomic E-state index is 13.3. The highest BCUT2D eigenvalue weighted by Gasteiger charge is 2.46. The third-order valence-corrected chi connectivity index (χ3v) is 6.75. The molecule has 1 aliphatic rings. The molecule has 1 aliphatic heterocycles. The number of hydrogen-bond acceptors (Lipinski definition) is 6. The van der Waals surface area contributed by atoms with Gasteiger partial charge in [-0.3, -0.25) is 14.6 Å². The van der Waals surface area contributed by atoms with E-state index >= 15 is 0 Å². The first-order chi connectivity index (χ1) is 16.4. The van der Waals surface area contributed by atoms with Gasteiger partial charge in [0, 0.05) is 36.9 Å². The third-order valence-electron chi connectivity index (χ3n) is 6.00. The maximum atomic E-state index is 13.3. The zero-order valence-corrected chi connectivity index (χ0v) is 21.0. The van der Waals surface area contributed by atoms with E-state index in [0.29, 0.717) is 27.9 Å². The molecule has 0 fully saturated rings. The number of thioether (sulfide) groups is 1. The van der Waals surface area contributed by atoms with Gasteiger partial charge in [0.2, 0.25) is 11.1 Å². The van der Waals surface area contributed by atoms with Crippen molar-refractivity contribution in [2.75, 3.05) is 35.8 Å². The molecule has 178 valence electrons. The number of methoxy groups -OCH3 is 1. The van der Waals surface area contributed by atoms with Crippen molar-refractivity contribution < 1.29 is 14.2 Å². The molecule has 2 heterocycles. The Hall–Kier alpha value is -3.33. The first-order valence-electron chi connectivity index (χ1n) is 11.5. The van der Waals surface area contributed by atoms with Crippen LogP contribution in [0.25, 0.3) is 11.3 Å². The molecule has 4 rings (SSSR count). The lowest BCUT2D eigenvalue weighted by molar-refractivity contribution is -0.763. The molecule has 0 bridgehead atoms. The topological polar surface area (TPSA) is 82.4 Å². The number of rotatable bonds is 7. The molecule has 1 N–H and O–H groups in total. The van der Waals surface area contributed by atoms with Gasteiger partial charge < -0.3 is 9.64 Å². The zero-order valence-electron chi connectivity index (χ0n) is 20.2. The number of ether oxygens (including phenoxy) is 1. The van der Waals surface area contributed by atoms with Crippen LogP contribution in [0, 0.1) is 0 Å². The average molecular weight is 481 g/mol. The van der Waals surface area contributed by atoms with Crippen molar-refractivity contribution >= 4 is 29.0 Å². The Bertz CT molecular complexity index is 1270. The quantitative estimate of drug-likeness (QED) is 0.411. The Morgan fingerprint density at radius 1 is 1.21 bits per heavy atom. The normalized spacial score (nSPS) is 14.4. The first kappa shape index (κ1) is 23.8. The van der Waals surface area contributed by atoms with E-state index in [9.17, 15) is 9.59 Å². The Morgan fingerprint density at radius 3 is 2.59 bits per heavy atom. The van der Waals surface area contributed by atoms with E-state index in [1.54, 1.807) is 16.7 Å². The van der Waals surface area contributed by atoms with Crippen molar-refractivity contribution in [1.82, 2.24) is 10.1 Å². The van der Waals surface area contributed by atoms with E-state index in [-0.39, 0.29) is 11.5 Å². The minimum atomic E-state index is -0.679. The minimum Gasteiger partial charge on any atom is -0.496 e. The number of hydrogen-bond donors (Lipinski definition) is 1. The fourth-order valence-corrected chi connectivity index (χ4v) is 5.08. The molecule has 34 heavy (non-hydrogen) atoms. The standard InChI is InChI=1S/C25H29N5O3S/c1-6-28(7-2)17-13-14-19(21(15-17)33-5)24-29(16(4)31)20-12-10-9-11-18(20)22-23(32)26-25(34-8-3)27-30(22)24/h9-15,24H,6-8H2,1-5H3/p+1/t24-/m0/s1. The molecule has 1 aromatic heterocycles. The fourth-order valence-electron chi connectivity index (χ4n) is 4.49. The van der Waals surface area contributed by atoms with E-state index in [0.717, 1.165) is 30.1 Å². The number of amides is 1. The van der Waals surface area contributed by atoms with E-state index in [2.05, 4.69) is 23.7 Å². The summed E-state index contributed by atoms with van der Waals surface area (Å²) in [6, 6.07) is 13.4. The van der Waals surface area contributed by atoms with Crippen molar-refractivity contribution in [2.45, 2.75) is 39.0 Å². The van der Waals surface area contributed by atoms with Crippen molar-refractivity contribution in [2.24, 2.45) is 0 Å². The number of aromatic nitrogens is 3. The van der Waals surface area contributed by atoms with E-state index in [1.807, 2.05) is 49.4 Å². The first-order valence-corrected chi connectivity index (χ1v) is 12.4. The summed E-state index contributed by atoms with van der Waals surface area (Å²) in [6.45, 7) is 9.46. The summed E-state index contributed by atoms with van der Waals surface area (Å²) in [5, 5.41) is 5.29. The smallest absolute Gasteiger partial charge is 0.325 e. The molecule has 3 aromatic rings. The van der Waals surface area contributed by atoms with E-state index < -0.39 is 6.17 Å². The average Bonchev–Trinajstić information content (AvgIpc) is 2.83. The summed E-state index contributed by atoms with van der Waals surface area (Å²) in [5.74, 6) is 1.23. The molecule has 2 aromatic carbocycles. The van der Waals surface area contributed by atoms with Crippen LogP contribution in [0.2, 0.25) is 0 Å². The number of carbonyl (C=O) groups is 1. The summed E-state index contributed by atoms with van der Waals surface area (Å²) >= 11 is 1.44. The summed E-state index contributed by atoms with van der Waals surface area (Å²) in [4.78, 5) is 33.2. The van der Waals surface area contributed by atoms with Crippen molar-refractivity contribution in [3.8, 4) is 17.0 Å². The number of fused-ring (bicyclic) bond motifs is 3. The van der Waals surface area contributed by atoms with E-state index in [4.69, 9.17) is 9.84 Å². The monoisotopic (exact) mass is 480 g/mol. The number of H-pyrrole nitrogens is 1. The van der Waals surface area contributed by atoms with Gasteiger partial charge in [0.1, 0.15) is 5.75 Å². The molecule has 0 radical (unpaired) electrons. The Morgan fingerprint density at radius 2 is 1.94 bits per heavy atom. The Kier molecular flexibility index (Phi) is 6.92. The summed E-state index contributed by atoms with van der Waals surface area (Å²) in [5.41, 5.74) is 3.27. The summed E-state index contributed by atoms with van der Waals surface area (Å²) in [6.07, 6.45) is -0.679. The van der Waals surface area contributed by atoms with Crippen LogP contribution in [0.1, 0.15) is 39.4 Å². The van der Waals surface area contributed by atoms with Crippen LogP contribution in [0.3, 0.4) is 0 Å². The number of benzene rings is 2. The van der Waals surface area contributed by atoms with Gasteiger partial charge in [0.25, 0.3) is 6.17 Å². The van der Waals surface area contributed by atoms with Gasteiger partial charge in [-0.2, -0.15) is 0 Å². The van der Waals surface area contributed by atoms with Crippen LogP contribution in [0.5, 0.6) is 5.75 Å². The molecule has 0 saturated carbocycles. The highest BCUT2D eigenvalue weighted by Crippen LogP contribution is 2.40. The lowest BCUT2D eigenvalue weighted by atomic mass is 10.0. The van der Waals surface area contributed by atoms with Crippen LogP contribution >= 0.6 is 11.8 Å². The van der Waals surface area contributed by atoms with Gasteiger partial charge in [-0.15, -0.1) is 0 Å². The van der Waals surface area contributed by atoms with Crippen LogP contribution in [0.4, 0.5) is 11.4 Å². The second kappa shape index (κ2) is 9.89. The SMILES string of the molecule is CCSc1n[n+]2c(c(=O)[nH]1)-c1ccccc1N(C(C)=O)[C@@H]2c1ccc(N(CC)CC)cc1OC. The molecular weight excluding hydrogens is 450 g/mol. The van der Waals surface area contributed by atoms with Gasteiger partial charge >= 0.3 is 11.3 Å². The maximum Gasteiger partial charge on any atom is 0.325 e. The van der Waals surface area contributed by atoms with Crippen LogP contribution < -0.4 is 24.8 Å². The predicted molar refractivity (Wildman–Crippen MR) is 135 cm³/mol. The molecule has 0 aliphatic carbocycles. The highest BCUT2D eigenvalue weighted by atomic mass is 32.2. The van der Waals surface area contributed by atoms with Gasteiger partial charge in [-0.05, 0) is 48.5 Å². The number of aromatic amines is 1. The third kappa shape index (κ3) is 4.04. The van der Waals surface area contributed by atoms with Gasteiger partial charge in [0.05, 0.1) is 23.9 Å². The van der Waals surface area contributed by atoms with Crippen molar-refractivity contribution in [1.29, 1.82) is 0 Å². The molecule has 0 unspecified atom stereocenters. The van der Waals surface area contributed by atoms with Gasteiger partial charge in [-0.1, -0.05) is 30.8 Å². The number of nitrogens with one attached hydrogen (secondary N) is 1. The number of nitrogens with zero attached hydrogens (tertiary/aromatic N) is 4. The van der Waals surface area contributed by atoms with Crippen LogP contribution in [-0.4, -0.2) is 41.9 Å². The molecule has 0 spiro atoms. The summed E-state index contributed by atoms with van der Waals surface area (Å²) in [7, 11) is 1.62. The lowest BCUT2D eigenvalue weighted by Crippen LogP contribution is -2.60. The molecule has 1 atom stereocenters. The largest absolute Gasteiger partial charge is 0.496 e. The number of carbonyl (C=O) groups excluding carboxylic acids is 1. The number of para-hydroxylation sites is 1. The zero-order chi connectivity index (χ0) is 24.4. The van der Waals surface area contributed by atoms with Crippen LogP contribution in [0.15, 0.2) is 52.4 Å². The molecule has 8 nitrogen and oxygen atoms in total. The second-order valence-corrected chi connectivity index (χ2v) is 9.12. The fraction of sp³-hybridized carbons (Fsp3) is 0.360. The van der Waals surface area contributed by atoms with Gasteiger partial charge in [0.15, 0.2) is 0 Å². The Labute approximate surface area is 203 Å². The van der Waals surface area contributed by atoms with Gasteiger partial charge in [-0.25, -0.2) is 4.90 Å². The number of anilines is 2. The van der Waals surface area contributed by atoms with Crippen LogP contribution in [-0.2, 0) is 4.79 Å². The lowest BCUT2D eigenvalue weighted by Gasteiger charge is -2.32. The molecule has 1 amide bonds. The highest BCUT2D eigenvalue weighted by molar-refractivity contribution is 7.99. The van der Waals surface area contributed by atoms with E-state index in [1.165, 1.54) is 18.7 Å². The van der Waals surface area contributed by atoms with Crippen molar-refractivity contribution in [3.63, 3.8) is 0 Å². The second-order valence-electron chi connectivity index (χ2n) is 7.86. The molecule has 0 saturated heterocycles. The summed E-state index contributed by atoms with van der Waals surface area (Å²) < 4.78 is 7.48.